The van der Waals surface area contributed by atoms with E-state index in [1.165, 1.54) is 18.2 Å². The molecule has 1 fully saturated rings. The number of aliphatic hydroxyl groups excluding tert-OH is 1. The van der Waals surface area contributed by atoms with Gasteiger partial charge in [-0.3, -0.25) is 4.79 Å². The molecule has 1 aliphatic carbocycles. The van der Waals surface area contributed by atoms with Gasteiger partial charge in [0.1, 0.15) is 5.82 Å². The standard InChI is InChI=1S/C17H23FN2O2/c1-20(2)9-3-4-16(22)19-11-17(12-21)10-15(17)13-5-7-14(18)8-6-13/h3-8,15,21H,9-12H2,1-2H3,(H,19,22)/b4-3+. The molecule has 1 amide bonds. The van der Waals surface area contributed by atoms with Gasteiger partial charge in [-0.05, 0) is 44.1 Å². The summed E-state index contributed by atoms with van der Waals surface area (Å²) < 4.78 is 13.0. The van der Waals surface area contributed by atoms with Crippen LogP contribution in [0.3, 0.4) is 0 Å². The van der Waals surface area contributed by atoms with Crippen LogP contribution in [0.4, 0.5) is 4.39 Å². The summed E-state index contributed by atoms with van der Waals surface area (Å²) in [6, 6.07) is 6.35. The molecule has 1 saturated carbocycles. The summed E-state index contributed by atoms with van der Waals surface area (Å²) in [6.45, 7) is 1.14. The number of hydrogen-bond acceptors (Lipinski definition) is 3. The molecule has 0 radical (unpaired) electrons. The Hall–Kier alpha value is -1.72. The van der Waals surface area contributed by atoms with Crippen molar-refractivity contribution < 1.29 is 14.3 Å². The van der Waals surface area contributed by atoms with Crippen LogP contribution in [-0.4, -0.2) is 49.7 Å². The van der Waals surface area contributed by atoms with E-state index >= 15 is 0 Å². The lowest BCUT2D eigenvalue weighted by atomic mass is 9.99. The van der Waals surface area contributed by atoms with E-state index in [2.05, 4.69) is 5.32 Å². The largest absolute Gasteiger partial charge is 0.396 e. The van der Waals surface area contributed by atoms with Gasteiger partial charge in [0.25, 0.3) is 0 Å². The van der Waals surface area contributed by atoms with Crippen molar-refractivity contribution in [1.29, 1.82) is 0 Å². The molecule has 0 heterocycles. The van der Waals surface area contributed by atoms with Crippen molar-refractivity contribution in [2.24, 2.45) is 5.41 Å². The second-order valence-corrected chi connectivity index (χ2v) is 6.21. The molecule has 0 aliphatic heterocycles. The van der Waals surface area contributed by atoms with E-state index in [-0.39, 0.29) is 29.7 Å². The van der Waals surface area contributed by atoms with Gasteiger partial charge in [-0.2, -0.15) is 0 Å². The van der Waals surface area contributed by atoms with Crippen LogP contribution in [0.2, 0.25) is 0 Å². The highest BCUT2D eigenvalue weighted by atomic mass is 19.1. The zero-order chi connectivity index (χ0) is 16.2. The van der Waals surface area contributed by atoms with Gasteiger partial charge in [0.15, 0.2) is 0 Å². The first-order valence-corrected chi connectivity index (χ1v) is 7.42. The van der Waals surface area contributed by atoms with Crippen molar-refractivity contribution in [2.75, 3.05) is 33.8 Å². The number of hydrogen-bond donors (Lipinski definition) is 2. The molecule has 2 N–H and O–H groups in total. The quantitative estimate of drug-likeness (QED) is 0.751. The fourth-order valence-electron chi connectivity index (χ4n) is 2.63. The number of aliphatic hydroxyl groups is 1. The predicted molar refractivity (Wildman–Crippen MR) is 84.0 cm³/mol. The lowest BCUT2D eigenvalue weighted by Crippen LogP contribution is -2.31. The highest BCUT2D eigenvalue weighted by molar-refractivity contribution is 5.87. The van der Waals surface area contributed by atoms with Gasteiger partial charge in [-0.25, -0.2) is 4.39 Å². The predicted octanol–water partition coefficient (Wildman–Crippen LogP) is 1.53. The molecular weight excluding hydrogens is 283 g/mol. The Morgan fingerprint density at radius 1 is 1.45 bits per heavy atom. The molecular formula is C17H23FN2O2. The zero-order valence-electron chi connectivity index (χ0n) is 13.1. The van der Waals surface area contributed by atoms with Crippen LogP contribution in [0.25, 0.3) is 0 Å². The number of likely N-dealkylation sites (N-methyl/N-ethyl adjacent to an activating group) is 1. The highest BCUT2D eigenvalue weighted by Gasteiger charge is 2.54. The minimum Gasteiger partial charge on any atom is -0.396 e. The third-order valence-electron chi connectivity index (χ3n) is 4.13. The average Bonchev–Trinajstić information content (AvgIpc) is 3.21. The number of nitrogens with one attached hydrogen (secondary N) is 1. The van der Waals surface area contributed by atoms with Gasteiger partial charge in [0.05, 0.1) is 6.61 Å². The number of carbonyl (C=O) groups is 1. The molecule has 2 unspecified atom stereocenters. The maximum Gasteiger partial charge on any atom is 0.243 e. The Morgan fingerprint density at radius 2 is 2.14 bits per heavy atom. The fourth-order valence-corrected chi connectivity index (χ4v) is 2.63. The molecule has 1 aromatic carbocycles. The van der Waals surface area contributed by atoms with Crippen LogP contribution >= 0.6 is 0 Å². The monoisotopic (exact) mass is 306 g/mol. The summed E-state index contributed by atoms with van der Waals surface area (Å²) in [5.41, 5.74) is 0.691. The van der Waals surface area contributed by atoms with Gasteiger partial charge in [-0.1, -0.05) is 18.2 Å². The number of halogens is 1. The van der Waals surface area contributed by atoms with Crippen molar-refractivity contribution in [2.45, 2.75) is 12.3 Å². The van der Waals surface area contributed by atoms with Gasteiger partial charge in [-0.15, -0.1) is 0 Å². The first-order chi connectivity index (χ1) is 10.5. The summed E-state index contributed by atoms with van der Waals surface area (Å²) in [7, 11) is 3.86. The molecule has 4 nitrogen and oxygen atoms in total. The van der Waals surface area contributed by atoms with E-state index in [1.807, 2.05) is 19.0 Å². The van der Waals surface area contributed by atoms with Crippen LogP contribution < -0.4 is 5.32 Å². The number of benzene rings is 1. The van der Waals surface area contributed by atoms with E-state index in [9.17, 15) is 14.3 Å². The Labute approximate surface area is 130 Å². The lowest BCUT2D eigenvalue weighted by molar-refractivity contribution is -0.116. The number of carbonyl (C=O) groups excluding carboxylic acids is 1. The van der Waals surface area contributed by atoms with E-state index in [4.69, 9.17) is 0 Å². The summed E-state index contributed by atoms with van der Waals surface area (Å²) >= 11 is 0. The van der Waals surface area contributed by atoms with Gasteiger partial charge < -0.3 is 15.3 Å². The second-order valence-electron chi connectivity index (χ2n) is 6.21. The molecule has 5 heteroatoms. The van der Waals surface area contributed by atoms with Crippen molar-refractivity contribution in [3.63, 3.8) is 0 Å². The lowest BCUT2D eigenvalue weighted by Gasteiger charge is -2.15. The highest BCUT2D eigenvalue weighted by Crippen LogP contribution is 2.58. The molecule has 1 aliphatic rings. The molecule has 2 rings (SSSR count). The number of rotatable bonds is 7. The van der Waals surface area contributed by atoms with Gasteiger partial charge >= 0.3 is 0 Å². The summed E-state index contributed by atoms with van der Waals surface area (Å²) in [4.78, 5) is 13.7. The smallest absolute Gasteiger partial charge is 0.243 e. The minimum atomic E-state index is -0.317. The molecule has 2 atom stereocenters. The number of nitrogens with zero attached hydrogens (tertiary/aromatic N) is 1. The third-order valence-corrected chi connectivity index (χ3v) is 4.13. The third kappa shape index (κ3) is 4.15. The van der Waals surface area contributed by atoms with Crippen molar-refractivity contribution >= 4 is 5.91 Å². The van der Waals surface area contributed by atoms with E-state index in [1.54, 1.807) is 18.2 Å². The molecule has 1 aromatic rings. The van der Waals surface area contributed by atoms with Crippen LogP contribution in [0, 0.1) is 11.2 Å². The first-order valence-electron chi connectivity index (χ1n) is 7.42. The Bertz CT molecular complexity index is 542. The molecule has 0 bridgehead atoms. The molecule has 22 heavy (non-hydrogen) atoms. The first kappa shape index (κ1) is 16.6. The van der Waals surface area contributed by atoms with Crippen molar-refractivity contribution in [3.8, 4) is 0 Å². The Balaban J connectivity index is 1.87. The van der Waals surface area contributed by atoms with Crippen molar-refractivity contribution in [1.82, 2.24) is 10.2 Å². The summed E-state index contributed by atoms with van der Waals surface area (Å²) in [6.07, 6.45) is 4.11. The van der Waals surface area contributed by atoms with Crippen molar-refractivity contribution in [3.05, 3.63) is 47.8 Å². The zero-order valence-corrected chi connectivity index (χ0v) is 13.1. The summed E-state index contributed by atoms with van der Waals surface area (Å²) in [5.74, 6) is -0.248. The van der Waals surface area contributed by atoms with E-state index < -0.39 is 0 Å². The van der Waals surface area contributed by atoms with E-state index in [0.717, 1.165) is 12.0 Å². The topological polar surface area (TPSA) is 52.6 Å². The number of amides is 1. The van der Waals surface area contributed by atoms with Crippen LogP contribution in [0.15, 0.2) is 36.4 Å². The average molecular weight is 306 g/mol. The van der Waals surface area contributed by atoms with Gasteiger partial charge in [0.2, 0.25) is 5.91 Å². The Morgan fingerprint density at radius 3 is 2.73 bits per heavy atom. The molecule has 0 spiro atoms. The molecule has 0 aromatic heterocycles. The fraction of sp³-hybridized carbons (Fsp3) is 0.471. The van der Waals surface area contributed by atoms with Crippen LogP contribution in [-0.2, 0) is 4.79 Å². The van der Waals surface area contributed by atoms with Crippen LogP contribution in [0.5, 0.6) is 0 Å². The van der Waals surface area contributed by atoms with E-state index in [0.29, 0.717) is 13.1 Å². The van der Waals surface area contributed by atoms with Gasteiger partial charge in [0, 0.05) is 24.6 Å². The second kappa shape index (κ2) is 7.03. The van der Waals surface area contributed by atoms with Crippen LogP contribution in [0.1, 0.15) is 17.9 Å². The summed E-state index contributed by atoms with van der Waals surface area (Å²) in [5, 5.41) is 12.5. The molecule has 120 valence electrons. The maximum atomic E-state index is 13.0. The maximum absolute atomic E-state index is 13.0. The molecule has 0 saturated heterocycles. The normalized spacial score (nSPS) is 24.0. The Kier molecular flexibility index (Phi) is 5.32. The minimum absolute atomic E-state index is 0.0106. The SMILES string of the molecule is CN(C)C/C=C/C(=O)NCC1(CO)CC1c1ccc(F)cc1.